The zero-order chi connectivity index (χ0) is 12.8. The molecule has 1 amide bonds. The second-order valence-corrected chi connectivity index (χ2v) is 4.92. The first-order valence-corrected chi connectivity index (χ1v) is 6.73. The van der Waals surface area contributed by atoms with E-state index >= 15 is 0 Å². The first kappa shape index (κ1) is 14.5. The van der Waals surface area contributed by atoms with Gasteiger partial charge in [-0.05, 0) is 47.0 Å². The van der Waals surface area contributed by atoms with E-state index in [1.165, 1.54) is 12.1 Å². The summed E-state index contributed by atoms with van der Waals surface area (Å²) >= 11 is 8.68. The molecule has 0 heterocycles. The van der Waals surface area contributed by atoms with Gasteiger partial charge in [0.2, 0.25) is 0 Å². The highest BCUT2D eigenvalue weighted by atomic mass is 79.9. The number of benzene rings is 1. The lowest BCUT2D eigenvalue weighted by Gasteiger charge is -2.15. The smallest absolute Gasteiger partial charge is 0.251 e. The van der Waals surface area contributed by atoms with Gasteiger partial charge in [0.1, 0.15) is 5.82 Å². The van der Waals surface area contributed by atoms with Crippen LogP contribution >= 0.6 is 27.5 Å². The van der Waals surface area contributed by atoms with Crippen molar-refractivity contribution < 1.29 is 9.18 Å². The van der Waals surface area contributed by atoms with Crippen molar-refractivity contribution in [2.45, 2.75) is 25.8 Å². The quantitative estimate of drug-likeness (QED) is 0.822. The maximum atomic E-state index is 13.3. The van der Waals surface area contributed by atoms with Gasteiger partial charge in [0.15, 0.2) is 0 Å². The van der Waals surface area contributed by atoms with Crippen molar-refractivity contribution in [1.82, 2.24) is 5.32 Å². The molecule has 1 aromatic rings. The molecule has 0 saturated heterocycles. The van der Waals surface area contributed by atoms with Gasteiger partial charge in [-0.1, -0.05) is 6.92 Å². The molecule has 94 valence electrons. The molecular formula is C12H14BrClFNO. The van der Waals surface area contributed by atoms with Crippen LogP contribution in [-0.4, -0.2) is 17.8 Å². The maximum absolute atomic E-state index is 13.3. The van der Waals surface area contributed by atoms with E-state index in [9.17, 15) is 9.18 Å². The van der Waals surface area contributed by atoms with Gasteiger partial charge in [-0.2, -0.15) is 0 Å². The van der Waals surface area contributed by atoms with Gasteiger partial charge in [-0.25, -0.2) is 4.39 Å². The zero-order valence-electron chi connectivity index (χ0n) is 9.47. The lowest BCUT2D eigenvalue weighted by molar-refractivity contribution is 0.0934. The number of rotatable bonds is 5. The molecule has 1 N–H and O–H groups in total. The summed E-state index contributed by atoms with van der Waals surface area (Å²) in [7, 11) is 0. The Morgan fingerprint density at radius 1 is 1.59 bits per heavy atom. The summed E-state index contributed by atoms with van der Waals surface area (Å²) < 4.78 is 13.6. The van der Waals surface area contributed by atoms with Gasteiger partial charge < -0.3 is 5.32 Å². The fraction of sp³-hybridized carbons (Fsp3) is 0.417. The lowest BCUT2D eigenvalue weighted by Crippen LogP contribution is -2.34. The zero-order valence-corrected chi connectivity index (χ0v) is 11.8. The summed E-state index contributed by atoms with van der Waals surface area (Å²) in [6, 6.07) is 4.35. The summed E-state index contributed by atoms with van der Waals surface area (Å²) in [6.45, 7) is 1.97. The topological polar surface area (TPSA) is 29.1 Å². The van der Waals surface area contributed by atoms with E-state index in [0.717, 1.165) is 6.42 Å². The maximum Gasteiger partial charge on any atom is 0.251 e. The normalized spacial score (nSPS) is 12.2. The standard InChI is InChI=1S/C12H14BrClFNO/c1-2-9(5-6-14)16-12(17)8-3-4-10(13)11(15)7-8/h3-4,7,9H,2,5-6H2,1H3,(H,16,17). The molecule has 0 aliphatic heterocycles. The molecule has 0 aliphatic carbocycles. The van der Waals surface area contributed by atoms with Crippen LogP contribution in [0, 0.1) is 5.82 Å². The minimum absolute atomic E-state index is 0.0340. The van der Waals surface area contributed by atoms with Gasteiger partial charge in [0.05, 0.1) is 4.47 Å². The number of hydrogen-bond donors (Lipinski definition) is 1. The Kier molecular flexibility index (Phi) is 5.92. The molecule has 0 aromatic heterocycles. The highest BCUT2D eigenvalue weighted by Crippen LogP contribution is 2.16. The SMILES string of the molecule is CCC(CCCl)NC(=O)c1ccc(Br)c(F)c1. The van der Waals surface area contributed by atoms with Crippen LogP contribution < -0.4 is 5.32 Å². The molecule has 1 aromatic carbocycles. The van der Waals surface area contributed by atoms with Crippen molar-refractivity contribution in [2.24, 2.45) is 0 Å². The predicted octanol–water partition coefficient (Wildman–Crippen LogP) is 3.73. The van der Waals surface area contributed by atoms with E-state index in [2.05, 4.69) is 21.2 Å². The van der Waals surface area contributed by atoms with Gasteiger partial charge in [-0.3, -0.25) is 4.79 Å². The number of alkyl halides is 1. The lowest BCUT2D eigenvalue weighted by atomic mass is 10.1. The van der Waals surface area contributed by atoms with Crippen molar-refractivity contribution >= 4 is 33.4 Å². The van der Waals surface area contributed by atoms with Gasteiger partial charge in [0.25, 0.3) is 5.91 Å². The second kappa shape index (κ2) is 6.97. The average Bonchev–Trinajstić information content (AvgIpc) is 2.31. The van der Waals surface area contributed by atoms with E-state index in [0.29, 0.717) is 22.3 Å². The summed E-state index contributed by atoms with van der Waals surface area (Å²) in [5.41, 5.74) is 0.318. The molecule has 0 saturated carbocycles. The summed E-state index contributed by atoms with van der Waals surface area (Å²) in [5, 5.41) is 2.83. The van der Waals surface area contributed by atoms with Crippen molar-refractivity contribution in [3.63, 3.8) is 0 Å². The Hall–Kier alpha value is -0.610. The van der Waals surface area contributed by atoms with Crippen molar-refractivity contribution in [3.05, 3.63) is 34.1 Å². The third-order valence-electron chi connectivity index (χ3n) is 2.47. The second-order valence-electron chi connectivity index (χ2n) is 3.69. The van der Waals surface area contributed by atoms with E-state index in [4.69, 9.17) is 11.6 Å². The van der Waals surface area contributed by atoms with Gasteiger partial charge >= 0.3 is 0 Å². The molecule has 1 unspecified atom stereocenters. The Morgan fingerprint density at radius 3 is 2.82 bits per heavy atom. The number of halogens is 3. The minimum atomic E-state index is -0.442. The van der Waals surface area contributed by atoms with Gasteiger partial charge in [-0.15, -0.1) is 11.6 Å². The van der Waals surface area contributed by atoms with Crippen LogP contribution in [0.2, 0.25) is 0 Å². The van der Waals surface area contributed by atoms with Crippen molar-refractivity contribution in [2.75, 3.05) is 5.88 Å². The summed E-state index contributed by atoms with van der Waals surface area (Å²) in [6.07, 6.45) is 1.51. The highest BCUT2D eigenvalue weighted by Gasteiger charge is 2.13. The van der Waals surface area contributed by atoms with E-state index in [-0.39, 0.29) is 11.9 Å². The fourth-order valence-corrected chi connectivity index (χ4v) is 1.93. The van der Waals surface area contributed by atoms with Gasteiger partial charge in [0, 0.05) is 17.5 Å². The Labute approximate surface area is 114 Å². The monoisotopic (exact) mass is 321 g/mol. The number of carbonyl (C=O) groups excluding carboxylic acids is 1. The third kappa shape index (κ3) is 4.28. The molecule has 17 heavy (non-hydrogen) atoms. The Morgan fingerprint density at radius 2 is 2.29 bits per heavy atom. The average molecular weight is 323 g/mol. The molecule has 0 fully saturated rings. The number of hydrogen-bond acceptors (Lipinski definition) is 1. The molecule has 1 atom stereocenters. The molecule has 0 bridgehead atoms. The molecule has 5 heteroatoms. The predicted molar refractivity (Wildman–Crippen MR) is 71.0 cm³/mol. The molecule has 0 spiro atoms. The van der Waals surface area contributed by atoms with E-state index < -0.39 is 5.82 Å². The summed E-state index contributed by atoms with van der Waals surface area (Å²) in [5.74, 6) is -0.218. The largest absolute Gasteiger partial charge is 0.349 e. The Bertz CT molecular complexity index is 400. The third-order valence-corrected chi connectivity index (χ3v) is 3.33. The van der Waals surface area contributed by atoms with Crippen molar-refractivity contribution in [1.29, 1.82) is 0 Å². The number of carbonyl (C=O) groups is 1. The van der Waals surface area contributed by atoms with E-state index in [1.54, 1.807) is 6.07 Å². The van der Waals surface area contributed by atoms with Crippen molar-refractivity contribution in [3.8, 4) is 0 Å². The first-order chi connectivity index (χ1) is 8.08. The van der Waals surface area contributed by atoms with Crippen LogP contribution in [0.1, 0.15) is 30.1 Å². The molecule has 0 radical (unpaired) electrons. The summed E-state index contributed by atoms with van der Waals surface area (Å²) in [4.78, 5) is 11.8. The van der Waals surface area contributed by atoms with Crippen LogP contribution in [0.25, 0.3) is 0 Å². The highest BCUT2D eigenvalue weighted by molar-refractivity contribution is 9.10. The molecule has 0 aliphatic rings. The van der Waals surface area contributed by atoms with Crippen LogP contribution in [0.3, 0.4) is 0 Å². The molecule has 1 rings (SSSR count). The van der Waals surface area contributed by atoms with Crippen LogP contribution in [0.15, 0.2) is 22.7 Å². The molecular weight excluding hydrogens is 308 g/mol. The van der Waals surface area contributed by atoms with Crippen LogP contribution in [0.5, 0.6) is 0 Å². The minimum Gasteiger partial charge on any atom is -0.349 e. The van der Waals surface area contributed by atoms with Crippen LogP contribution in [-0.2, 0) is 0 Å². The fourth-order valence-electron chi connectivity index (χ4n) is 1.42. The van der Waals surface area contributed by atoms with E-state index in [1.807, 2.05) is 6.92 Å². The molecule has 2 nitrogen and oxygen atoms in total. The first-order valence-electron chi connectivity index (χ1n) is 5.40. The number of nitrogens with one attached hydrogen (secondary N) is 1. The Balaban J connectivity index is 2.72. The number of amides is 1. The van der Waals surface area contributed by atoms with Crippen LogP contribution in [0.4, 0.5) is 4.39 Å².